The van der Waals surface area contributed by atoms with Crippen molar-refractivity contribution < 1.29 is 14.8 Å². The Kier molecular flexibility index (Phi) is 5.00. The van der Waals surface area contributed by atoms with Gasteiger partial charge in [-0.15, -0.1) is 0 Å². The number of rotatable bonds is 4. The van der Waals surface area contributed by atoms with Gasteiger partial charge in [0.2, 0.25) is 0 Å². The minimum absolute atomic E-state index is 0.00539. The Hall–Kier alpha value is -1.83. The summed E-state index contributed by atoms with van der Waals surface area (Å²) < 4.78 is 0.425. The van der Waals surface area contributed by atoms with E-state index in [2.05, 4.69) is 26.6 Å². The van der Waals surface area contributed by atoms with Crippen molar-refractivity contribution in [2.24, 2.45) is 0 Å². The summed E-state index contributed by atoms with van der Waals surface area (Å²) in [5.41, 5.74) is 0.459. The van der Waals surface area contributed by atoms with E-state index in [0.29, 0.717) is 16.6 Å². The van der Waals surface area contributed by atoms with Gasteiger partial charge < -0.3 is 15.7 Å². The molecule has 0 radical (unpaired) electrons. The second kappa shape index (κ2) is 6.75. The molecule has 0 heterocycles. The zero-order valence-electron chi connectivity index (χ0n) is 11.2. The van der Waals surface area contributed by atoms with Gasteiger partial charge in [0.05, 0.1) is 9.40 Å². The molecule has 2 atom stereocenters. The minimum Gasteiger partial charge on any atom is -0.465 e. The van der Waals surface area contributed by atoms with Gasteiger partial charge in [-0.1, -0.05) is 6.07 Å². The van der Waals surface area contributed by atoms with Gasteiger partial charge in [-0.05, 0) is 53.7 Å². The van der Waals surface area contributed by atoms with Crippen LogP contribution in [0.5, 0.6) is 0 Å². The van der Waals surface area contributed by atoms with E-state index in [9.17, 15) is 14.9 Å². The molecule has 1 amide bonds. The van der Waals surface area contributed by atoms with Gasteiger partial charge in [0, 0.05) is 12.1 Å². The number of carboxylic acid groups (broad SMARTS) is 1. The van der Waals surface area contributed by atoms with Crippen molar-refractivity contribution in [3.05, 3.63) is 32.8 Å². The average molecular weight is 358 g/mol. The van der Waals surface area contributed by atoms with E-state index in [4.69, 9.17) is 5.11 Å². The highest BCUT2D eigenvalue weighted by molar-refractivity contribution is 9.10. The number of hydrogen-bond acceptors (Lipinski definition) is 4. The third-order valence-corrected chi connectivity index (χ3v) is 4.17. The Morgan fingerprint density at radius 3 is 2.76 bits per heavy atom. The van der Waals surface area contributed by atoms with E-state index in [1.54, 1.807) is 18.2 Å². The van der Waals surface area contributed by atoms with Crippen LogP contribution in [0.4, 0.5) is 16.2 Å². The van der Waals surface area contributed by atoms with E-state index in [1.807, 2.05) is 0 Å². The molecular weight excluding hydrogens is 342 g/mol. The molecule has 3 N–H and O–H groups in total. The van der Waals surface area contributed by atoms with E-state index in [0.717, 1.165) is 19.3 Å². The van der Waals surface area contributed by atoms with Crippen molar-refractivity contribution in [3.8, 4) is 0 Å². The van der Waals surface area contributed by atoms with Crippen LogP contribution in [0.25, 0.3) is 0 Å². The van der Waals surface area contributed by atoms with E-state index < -0.39 is 11.0 Å². The van der Waals surface area contributed by atoms with Gasteiger partial charge in [-0.3, -0.25) is 10.1 Å². The zero-order chi connectivity index (χ0) is 15.4. The Morgan fingerprint density at radius 2 is 2.10 bits per heavy atom. The molecule has 1 saturated carbocycles. The van der Waals surface area contributed by atoms with Crippen LogP contribution >= 0.6 is 15.9 Å². The monoisotopic (exact) mass is 357 g/mol. The number of carbonyl (C=O) groups is 1. The van der Waals surface area contributed by atoms with E-state index in [-0.39, 0.29) is 17.8 Å². The summed E-state index contributed by atoms with van der Waals surface area (Å²) >= 11 is 3.19. The van der Waals surface area contributed by atoms with Crippen molar-refractivity contribution in [3.63, 3.8) is 0 Å². The van der Waals surface area contributed by atoms with Crippen molar-refractivity contribution in [2.45, 2.75) is 37.8 Å². The van der Waals surface area contributed by atoms with Crippen LogP contribution in [0.15, 0.2) is 22.7 Å². The first-order valence-corrected chi connectivity index (χ1v) is 7.45. The average Bonchev–Trinajstić information content (AvgIpc) is 2.37. The first-order chi connectivity index (χ1) is 9.97. The number of anilines is 1. The van der Waals surface area contributed by atoms with Crippen LogP contribution in [0.2, 0.25) is 0 Å². The summed E-state index contributed by atoms with van der Waals surface area (Å²) in [5.74, 6) is 0. The smallest absolute Gasteiger partial charge is 0.404 e. The number of amides is 1. The fraction of sp³-hybridized carbons (Fsp3) is 0.462. The van der Waals surface area contributed by atoms with Gasteiger partial charge >= 0.3 is 11.8 Å². The summed E-state index contributed by atoms with van der Waals surface area (Å²) in [6.07, 6.45) is 2.13. The predicted octanol–water partition coefficient (Wildman–Crippen LogP) is 3.35. The normalized spacial score (nSPS) is 21.6. The van der Waals surface area contributed by atoms with Gasteiger partial charge in [-0.25, -0.2) is 4.79 Å². The maximum atomic E-state index is 11.1. The SMILES string of the molecule is O=C(O)N[C@H]1CCC[C@H](Nc2cccc(Br)c2[N+](=O)[O-])C1. The molecule has 1 aliphatic carbocycles. The molecule has 1 fully saturated rings. The van der Waals surface area contributed by atoms with Crippen LogP contribution in [0.1, 0.15) is 25.7 Å². The van der Waals surface area contributed by atoms with Gasteiger partial charge in [-0.2, -0.15) is 0 Å². The minimum atomic E-state index is -1.03. The number of hydrogen-bond donors (Lipinski definition) is 3. The summed E-state index contributed by atoms with van der Waals surface area (Å²) in [7, 11) is 0. The molecule has 7 nitrogen and oxygen atoms in total. The molecule has 1 aromatic carbocycles. The van der Waals surface area contributed by atoms with Gasteiger partial charge in [0.15, 0.2) is 0 Å². The van der Waals surface area contributed by atoms with Crippen LogP contribution in [0, 0.1) is 10.1 Å². The van der Waals surface area contributed by atoms with Crippen molar-refractivity contribution in [1.29, 1.82) is 0 Å². The molecule has 8 heteroatoms. The van der Waals surface area contributed by atoms with Crippen LogP contribution < -0.4 is 10.6 Å². The van der Waals surface area contributed by atoms with Gasteiger partial charge in [0.25, 0.3) is 0 Å². The molecule has 0 aromatic heterocycles. The lowest BCUT2D eigenvalue weighted by Gasteiger charge is -2.30. The molecule has 21 heavy (non-hydrogen) atoms. The summed E-state index contributed by atoms with van der Waals surface area (Å²) in [6.45, 7) is 0. The Balaban J connectivity index is 2.09. The molecule has 0 saturated heterocycles. The quantitative estimate of drug-likeness (QED) is 0.566. The maximum absolute atomic E-state index is 11.1. The molecule has 0 aliphatic heterocycles. The predicted molar refractivity (Wildman–Crippen MR) is 81.6 cm³/mol. The Morgan fingerprint density at radius 1 is 1.38 bits per heavy atom. The Labute approximate surface area is 130 Å². The number of nitrogens with one attached hydrogen (secondary N) is 2. The van der Waals surface area contributed by atoms with Crippen molar-refractivity contribution >= 4 is 33.4 Å². The molecular formula is C13H16BrN3O4. The Bertz CT molecular complexity index is 552. The topological polar surface area (TPSA) is 104 Å². The zero-order valence-corrected chi connectivity index (χ0v) is 12.8. The maximum Gasteiger partial charge on any atom is 0.404 e. The van der Waals surface area contributed by atoms with E-state index >= 15 is 0 Å². The van der Waals surface area contributed by atoms with Crippen LogP contribution in [-0.4, -0.2) is 28.2 Å². The number of halogens is 1. The lowest BCUT2D eigenvalue weighted by molar-refractivity contribution is -0.384. The fourth-order valence-corrected chi connectivity index (χ4v) is 3.17. The second-order valence-corrected chi connectivity index (χ2v) is 5.90. The number of nitro benzene ring substituents is 1. The molecule has 0 spiro atoms. The third kappa shape index (κ3) is 4.07. The number of para-hydroxylation sites is 1. The summed E-state index contributed by atoms with van der Waals surface area (Å²) in [6, 6.07) is 4.93. The molecule has 1 aliphatic rings. The molecule has 1 aromatic rings. The first kappa shape index (κ1) is 15.6. The van der Waals surface area contributed by atoms with E-state index in [1.165, 1.54) is 0 Å². The number of nitro groups is 1. The van der Waals surface area contributed by atoms with Crippen LogP contribution in [-0.2, 0) is 0 Å². The highest BCUT2D eigenvalue weighted by atomic mass is 79.9. The van der Waals surface area contributed by atoms with Crippen molar-refractivity contribution in [2.75, 3.05) is 5.32 Å². The number of nitrogens with zero attached hydrogens (tertiary/aromatic N) is 1. The molecule has 2 rings (SSSR count). The first-order valence-electron chi connectivity index (χ1n) is 6.66. The van der Waals surface area contributed by atoms with Crippen LogP contribution in [0.3, 0.4) is 0 Å². The lowest BCUT2D eigenvalue weighted by Crippen LogP contribution is -2.41. The molecule has 0 bridgehead atoms. The molecule has 0 unspecified atom stereocenters. The fourth-order valence-electron chi connectivity index (χ4n) is 2.66. The lowest BCUT2D eigenvalue weighted by atomic mass is 9.91. The standard InChI is InChI=1S/C13H16BrN3O4/c14-10-5-2-6-11(12(10)17(20)21)15-8-3-1-4-9(7-8)16-13(18)19/h2,5-6,8-9,15-16H,1,3-4,7H2,(H,18,19)/t8-,9-/m0/s1. The largest absolute Gasteiger partial charge is 0.465 e. The third-order valence-electron chi connectivity index (χ3n) is 3.53. The summed E-state index contributed by atoms with van der Waals surface area (Å²) in [5, 5.41) is 25.6. The number of benzene rings is 1. The van der Waals surface area contributed by atoms with Gasteiger partial charge in [0.1, 0.15) is 5.69 Å². The second-order valence-electron chi connectivity index (χ2n) is 5.05. The highest BCUT2D eigenvalue weighted by Gasteiger charge is 2.26. The van der Waals surface area contributed by atoms with Crippen molar-refractivity contribution in [1.82, 2.24) is 5.32 Å². The highest BCUT2D eigenvalue weighted by Crippen LogP contribution is 2.34. The summed E-state index contributed by atoms with van der Waals surface area (Å²) in [4.78, 5) is 21.4. The molecule has 114 valence electrons.